The molecule has 0 bridgehead atoms. The lowest BCUT2D eigenvalue weighted by molar-refractivity contribution is 0.101. The molecule has 1 aliphatic carbocycles. The van der Waals surface area contributed by atoms with E-state index in [2.05, 4.69) is 11.9 Å². The maximum atomic E-state index is 12.0. The smallest absolute Gasteiger partial charge is 0.261 e. The third-order valence-electron chi connectivity index (χ3n) is 3.39. The number of pyridine rings is 1. The van der Waals surface area contributed by atoms with Crippen LogP contribution in [0.15, 0.2) is 23.1 Å². The average molecular weight is 248 g/mol. The van der Waals surface area contributed by atoms with Gasteiger partial charge in [-0.1, -0.05) is 0 Å². The van der Waals surface area contributed by atoms with E-state index in [1.807, 2.05) is 0 Å². The van der Waals surface area contributed by atoms with Gasteiger partial charge in [0.1, 0.15) is 0 Å². The Bertz CT molecular complexity index is 489. The maximum absolute atomic E-state index is 12.0. The van der Waals surface area contributed by atoms with Crippen molar-refractivity contribution in [3.63, 3.8) is 0 Å². The minimum Gasteiger partial charge on any atom is -0.314 e. The Morgan fingerprint density at radius 3 is 2.83 bits per heavy atom. The van der Waals surface area contributed by atoms with Crippen molar-refractivity contribution < 1.29 is 4.79 Å². The summed E-state index contributed by atoms with van der Waals surface area (Å²) in [7, 11) is 2.08. The first-order valence-corrected chi connectivity index (χ1v) is 6.47. The highest BCUT2D eigenvalue weighted by Crippen LogP contribution is 2.29. The van der Waals surface area contributed by atoms with Crippen LogP contribution in [0.5, 0.6) is 0 Å². The van der Waals surface area contributed by atoms with Crippen LogP contribution in [0.1, 0.15) is 30.1 Å². The van der Waals surface area contributed by atoms with E-state index in [0.29, 0.717) is 6.54 Å². The molecule has 1 aliphatic rings. The Balaban J connectivity index is 1.98. The van der Waals surface area contributed by atoms with Crippen molar-refractivity contribution in [2.24, 2.45) is 5.92 Å². The zero-order valence-electron chi connectivity index (χ0n) is 11.1. The second-order valence-electron chi connectivity index (χ2n) is 5.18. The number of nitrogens with zero attached hydrogens (tertiary/aromatic N) is 2. The number of hydrogen-bond donors (Lipinski definition) is 0. The number of carbonyl (C=O) groups is 1. The summed E-state index contributed by atoms with van der Waals surface area (Å²) in [5.41, 5.74) is 0.104. The highest BCUT2D eigenvalue weighted by molar-refractivity contribution is 5.93. The first-order valence-electron chi connectivity index (χ1n) is 6.47. The van der Waals surface area contributed by atoms with Gasteiger partial charge in [-0.25, -0.2) is 0 Å². The number of likely N-dealkylation sites (N-methyl/N-ethyl adjacent to an activating group) is 1. The molecule has 0 spiro atoms. The number of Topliss-reactive ketones (excluding diaryl/α,β-unsaturated/α-hetero) is 1. The summed E-state index contributed by atoms with van der Waals surface area (Å²) < 4.78 is 1.63. The molecule has 0 aliphatic heterocycles. The van der Waals surface area contributed by atoms with E-state index in [1.54, 1.807) is 22.9 Å². The Hall–Kier alpha value is -1.42. The molecule has 2 rings (SSSR count). The van der Waals surface area contributed by atoms with E-state index in [-0.39, 0.29) is 16.9 Å². The first-order chi connectivity index (χ1) is 8.58. The van der Waals surface area contributed by atoms with Crippen LogP contribution in [0.4, 0.5) is 0 Å². The van der Waals surface area contributed by atoms with E-state index < -0.39 is 0 Å². The molecule has 18 heavy (non-hydrogen) atoms. The van der Waals surface area contributed by atoms with Gasteiger partial charge in [-0.2, -0.15) is 0 Å². The van der Waals surface area contributed by atoms with Crippen LogP contribution < -0.4 is 5.56 Å². The molecule has 4 heteroatoms. The molecular formula is C14H20N2O2. The lowest BCUT2D eigenvalue weighted by Crippen LogP contribution is -2.31. The molecule has 0 aromatic carbocycles. The highest BCUT2D eigenvalue weighted by atomic mass is 16.1. The molecule has 1 saturated carbocycles. The van der Waals surface area contributed by atoms with Gasteiger partial charge < -0.3 is 9.47 Å². The van der Waals surface area contributed by atoms with Crippen molar-refractivity contribution in [1.29, 1.82) is 0 Å². The monoisotopic (exact) mass is 248 g/mol. The van der Waals surface area contributed by atoms with Gasteiger partial charge in [0.05, 0.1) is 5.56 Å². The van der Waals surface area contributed by atoms with Crippen molar-refractivity contribution in [2.45, 2.75) is 26.3 Å². The molecule has 1 aromatic rings. The quantitative estimate of drug-likeness (QED) is 0.714. The van der Waals surface area contributed by atoms with Crippen LogP contribution in [0, 0.1) is 5.92 Å². The predicted octanol–water partition coefficient (Wildman–Crippen LogP) is 1.39. The summed E-state index contributed by atoms with van der Waals surface area (Å²) in [6.45, 7) is 4.03. The van der Waals surface area contributed by atoms with Gasteiger partial charge in [-0.15, -0.1) is 0 Å². The number of rotatable bonds is 6. The zero-order chi connectivity index (χ0) is 13.1. The topological polar surface area (TPSA) is 42.3 Å². The fourth-order valence-corrected chi connectivity index (χ4v) is 2.09. The van der Waals surface area contributed by atoms with Crippen LogP contribution in [-0.4, -0.2) is 35.4 Å². The van der Waals surface area contributed by atoms with Crippen molar-refractivity contribution >= 4 is 5.78 Å². The number of hydrogen-bond acceptors (Lipinski definition) is 3. The Morgan fingerprint density at radius 1 is 1.50 bits per heavy atom. The van der Waals surface area contributed by atoms with Gasteiger partial charge in [0, 0.05) is 25.8 Å². The van der Waals surface area contributed by atoms with Crippen molar-refractivity contribution in [1.82, 2.24) is 9.47 Å². The summed E-state index contributed by atoms with van der Waals surface area (Å²) in [6, 6.07) is 3.36. The summed E-state index contributed by atoms with van der Waals surface area (Å²) in [5.74, 6) is 0.691. The molecule has 0 radical (unpaired) electrons. The van der Waals surface area contributed by atoms with Crippen LogP contribution in [0.2, 0.25) is 0 Å². The van der Waals surface area contributed by atoms with E-state index >= 15 is 0 Å². The summed E-state index contributed by atoms with van der Waals surface area (Å²) in [4.78, 5) is 25.5. The van der Waals surface area contributed by atoms with Crippen LogP contribution in [-0.2, 0) is 6.54 Å². The van der Waals surface area contributed by atoms with Crippen LogP contribution >= 0.6 is 0 Å². The maximum Gasteiger partial charge on any atom is 0.261 e. The van der Waals surface area contributed by atoms with E-state index in [9.17, 15) is 9.59 Å². The minimum atomic E-state index is -0.176. The molecule has 0 atom stereocenters. The average Bonchev–Trinajstić information content (AvgIpc) is 3.11. The zero-order valence-corrected chi connectivity index (χ0v) is 11.1. The van der Waals surface area contributed by atoms with Gasteiger partial charge in [0.2, 0.25) is 0 Å². The Kier molecular flexibility index (Phi) is 3.97. The van der Waals surface area contributed by atoms with Gasteiger partial charge in [0.15, 0.2) is 5.78 Å². The van der Waals surface area contributed by atoms with Crippen molar-refractivity contribution in [3.05, 3.63) is 34.2 Å². The molecule has 0 amide bonds. The molecule has 0 unspecified atom stereocenters. The minimum absolute atomic E-state index is 0.166. The fourth-order valence-electron chi connectivity index (χ4n) is 2.09. The number of carbonyl (C=O) groups excluding carboxylic acids is 1. The lowest BCUT2D eigenvalue weighted by Gasteiger charge is -2.17. The van der Waals surface area contributed by atoms with Crippen molar-refractivity contribution in [3.8, 4) is 0 Å². The Labute approximate surface area is 107 Å². The molecule has 0 saturated heterocycles. The first kappa shape index (κ1) is 13.0. The largest absolute Gasteiger partial charge is 0.314 e. The molecular weight excluding hydrogens is 228 g/mol. The van der Waals surface area contributed by atoms with E-state index in [4.69, 9.17) is 0 Å². The third-order valence-corrected chi connectivity index (χ3v) is 3.39. The second kappa shape index (κ2) is 5.48. The second-order valence-corrected chi connectivity index (χ2v) is 5.18. The molecule has 98 valence electrons. The molecule has 4 nitrogen and oxygen atoms in total. The molecule has 1 fully saturated rings. The van der Waals surface area contributed by atoms with Gasteiger partial charge >= 0.3 is 0 Å². The fraction of sp³-hybridized carbons (Fsp3) is 0.571. The number of ketones is 1. The normalized spacial score (nSPS) is 15.1. The SMILES string of the molecule is CC(=O)c1cccn(CCN(C)CC2CC2)c1=O. The van der Waals surface area contributed by atoms with Crippen molar-refractivity contribution in [2.75, 3.05) is 20.1 Å². The van der Waals surface area contributed by atoms with Crippen LogP contribution in [0.3, 0.4) is 0 Å². The molecule has 0 N–H and O–H groups in total. The number of aromatic nitrogens is 1. The lowest BCUT2D eigenvalue weighted by atomic mass is 10.2. The Morgan fingerprint density at radius 2 is 2.22 bits per heavy atom. The summed E-state index contributed by atoms with van der Waals surface area (Å²) in [6.07, 6.45) is 4.42. The highest BCUT2D eigenvalue weighted by Gasteiger charge is 2.22. The van der Waals surface area contributed by atoms with Crippen LogP contribution in [0.25, 0.3) is 0 Å². The summed E-state index contributed by atoms with van der Waals surface area (Å²) in [5, 5.41) is 0. The predicted molar refractivity (Wildman–Crippen MR) is 70.9 cm³/mol. The third kappa shape index (κ3) is 3.29. The van der Waals surface area contributed by atoms with Gasteiger partial charge in [-0.3, -0.25) is 9.59 Å². The standard InChI is InChI=1S/C14H20N2O2/c1-11(17)13-4-3-7-16(14(13)18)9-8-15(2)10-12-5-6-12/h3-4,7,12H,5-6,8-10H2,1-2H3. The molecule has 1 heterocycles. The van der Waals surface area contributed by atoms with Gasteiger partial charge in [0.25, 0.3) is 5.56 Å². The van der Waals surface area contributed by atoms with E-state index in [1.165, 1.54) is 19.8 Å². The summed E-state index contributed by atoms with van der Waals surface area (Å²) >= 11 is 0. The van der Waals surface area contributed by atoms with E-state index in [0.717, 1.165) is 19.0 Å². The molecule has 1 aromatic heterocycles. The van der Waals surface area contributed by atoms with Gasteiger partial charge in [-0.05, 0) is 44.9 Å².